The zero-order chi connectivity index (χ0) is 12.1. The van der Waals surface area contributed by atoms with Crippen molar-refractivity contribution in [3.63, 3.8) is 0 Å². The smallest absolute Gasteiger partial charge is 0.222 e. The predicted octanol–water partition coefficient (Wildman–Crippen LogP) is 1.16. The van der Waals surface area contributed by atoms with Crippen LogP contribution in [0.4, 0.5) is 0 Å². The van der Waals surface area contributed by atoms with E-state index in [4.69, 9.17) is 0 Å². The molecule has 0 saturated carbocycles. The predicted molar refractivity (Wildman–Crippen MR) is 67.8 cm³/mol. The number of H-pyrrole nitrogens is 1. The van der Waals surface area contributed by atoms with Crippen LogP contribution in [-0.4, -0.2) is 41.5 Å². The maximum Gasteiger partial charge on any atom is 0.222 e. The minimum absolute atomic E-state index is 0.296. The van der Waals surface area contributed by atoms with Crippen molar-refractivity contribution in [3.05, 3.63) is 24.0 Å². The summed E-state index contributed by atoms with van der Waals surface area (Å²) >= 11 is 0. The van der Waals surface area contributed by atoms with Gasteiger partial charge in [-0.15, -0.1) is 0 Å². The number of aromatic amines is 1. The molecule has 1 aliphatic heterocycles. The van der Waals surface area contributed by atoms with E-state index in [0.29, 0.717) is 18.4 Å². The van der Waals surface area contributed by atoms with Gasteiger partial charge in [0.1, 0.15) is 0 Å². The van der Waals surface area contributed by atoms with Crippen LogP contribution < -0.4 is 5.32 Å². The van der Waals surface area contributed by atoms with E-state index >= 15 is 0 Å². The highest BCUT2D eigenvalue weighted by Gasteiger charge is 2.19. The van der Waals surface area contributed by atoms with Crippen molar-refractivity contribution in [1.29, 1.82) is 0 Å². The molecule has 17 heavy (non-hydrogen) atoms. The average molecular weight is 235 g/mol. The number of hydrogen-bond acceptors (Lipinski definition) is 2. The van der Waals surface area contributed by atoms with Crippen LogP contribution in [0, 0.1) is 0 Å². The van der Waals surface area contributed by atoms with Gasteiger partial charge in [0.25, 0.3) is 0 Å². The number of hydrogen-bond donors (Lipinski definition) is 2. The van der Waals surface area contributed by atoms with Gasteiger partial charge in [0.2, 0.25) is 5.91 Å². The lowest BCUT2D eigenvalue weighted by Crippen LogP contribution is -2.51. The highest BCUT2D eigenvalue weighted by atomic mass is 16.2. The molecule has 1 aromatic rings. The number of aromatic nitrogens is 1. The quantitative estimate of drug-likeness (QED) is 0.822. The van der Waals surface area contributed by atoms with Crippen LogP contribution in [-0.2, 0) is 11.2 Å². The number of nitrogens with one attached hydrogen (secondary N) is 2. The summed E-state index contributed by atoms with van der Waals surface area (Å²) in [7, 11) is 0. The standard InChI is InChI=1S/C13H21N3O/c1-11-10-16(9-8-14-11)13(17)6-2-4-12-5-3-7-15-12/h3,5,7,11,14-15H,2,4,6,8-10H2,1H3. The molecule has 94 valence electrons. The summed E-state index contributed by atoms with van der Waals surface area (Å²) in [5.41, 5.74) is 1.21. The average Bonchev–Trinajstić information content (AvgIpc) is 2.82. The fourth-order valence-corrected chi connectivity index (χ4v) is 2.27. The van der Waals surface area contributed by atoms with Crippen molar-refractivity contribution >= 4 is 5.91 Å². The third-order valence-corrected chi connectivity index (χ3v) is 3.22. The van der Waals surface area contributed by atoms with Gasteiger partial charge >= 0.3 is 0 Å². The Morgan fingerprint density at radius 1 is 1.59 bits per heavy atom. The summed E-state index contributed by atoms with van der Waals surface area (Å²) in [6, 6.07) is 4.49. The second-order valence-electron chi connectivity index (χ2n) is 4.74. The largest absolute Gasteiger partial charge is 0.365 e. The Bertz CT molecular complexity index is 348. The van der Waals surface area contributed by atoms with E-state index in [9.17, 15) is 4.79 Å². The van der Waals surface area contributed by atoms with E-state index in [2.05, 4.69) is 23.3 Å². The molecular weight excluding hydrogens is 214 g/mol. The van der Waals surface area contributed by atoms with Crippen molar-refractivity contribution < 1.29 is 4.79 Å². The number of piperazine rings is 1. The van der Waals surface area contributed by atoms with Crippen molar-refractivity contribution in [2.75, 3.05) is 19.6 Å². The molecule has 2 N–H and O–H groups in total. The molecule has 1 fully saturated rings. The van der Waals surface area contributed by atoms with Crippen LogP contribution in [0.25, 0.3) is 0 Å². The zero-order valence-electron chi connectivity index (χ0n) is 10.4. The van der Waals surface area contributed by atoms with E-state index in [0.717, 1.165) is 32.5 Å². The normalized spacial score (nSPS) is 20.5. The highest BCUT2D eigenvalue weighted by Crippen LogP contribution is 2.06. The lowest BCUT2D eigenvalue weighted by Gasteiger charge is -2.32. The Morgan fingerprint density at radius 2 is 2.47 bits per heavy atom. The molecule has 4 nitrogen and oxygen atoms in total. The maximum absolute atomic E-state index is 12.0. The monoisotopic (exact) mass is 235 g/mol. The molecule has 1 saturated heterocycles. The van der Waals surface area contributed by atoms with Gasteiger partial charge in [0.15, 0.2) is 0 Å². The van der Waals surface area contributed by atoms with Crippen LogP contribution in [0.1, 0.15) is 25.5 Å². The van der Waals surface area contributed by atoms with Crippen LogP contribution in [0.2, 0.25) is 0 Å². The molecule has 0 bridgehead atoms. The van der Waals surface area contributed by atoms with E-state index in [1.54, 1.807) is 0 Å². The number of amides is 1. The second kappa shape index (κ2) is 5.87. The number of rotatable bonds is 4. The first-order chi connectivity index (χ1) is 8.25. The third kappa shape index (κ3) is 3.60. The molecule has 0 aromatic carbocycles. The van der Waals surface area contributed by atoms with Crippen molar-refractivity contribution in [3.8, 4) is 0 Å². The van der Waals surface area contributed by atoms with E-state index in [-0.39, 0.29) is 0 Å². The van der Waals surface area contributed by atoms with E-state index in [1.807, 2.05) is 17.2 Å². The van der Waals surface area contributed by atoms with Crippen LogP contribution in [0.5, 0.6) is 0 Å². The summed E-state index contributed by atoms with van der Waals surface area (Å²) in [5, 5.41) is 3.35. The Kier molecular flexibility index (Phi) is 4.20. The van der Waals surface area contributed by atoms with Crippen molar-refractivity contribution in [2.24, 2.45) is 0 Å². The van der Waals surface area contributed by atoms with Gasteiger partial charge in [-0.05, 0) is 31.9 Å². The van der Waals surface area contributed by atoms with Gasteiger partial charge in [-0.1, -0.05) is 0 Å². The fourth-order valence-electron chi connectivity index (χ4n) is 2.27. The van der Waals surface area contributed by atoms with Gasteiger partial charge in [0, 0.05) is 44.0 Å². The third-order valence-electron chi connectivity index (χ3n) is 3.22. The van der Waals surface area contributed by atoms with Crippen LogP contribution in [0.15, 0.2) is 18.3 Å². The van der Waals surface area contributed by atoms with E-state index < -0.39 is 0 Å². The molecule has 1 unspecified atom stereocenters. The summed E-state index contributed by atoms with van der Waals surface area (Å²) < 4.78 is 0. The van der Waals surface area contributed by atoms with Gasteiger partial charge in [0.05, 0.1) is 0 Å². The topological polar surface area (TPSA) is 48.1 Å². The first kappa shape index (κ1) is 12.2. The zero-order valence-corrected chi connectivity index (χ0v) is 10.4. The van der Waals surface area contributed by atoms with Gasteiger partial charge in [-0.2, -0.15) is 0 Å². The van der Waals surface area contributed by atoms with Crippen LogP contribution >= 0.6 is 0 Å². The van der Waals surface area contributed by atoms with Crippen molar-refractivity contribution in [1.82, 2.24) is 15.2 Å². The summed E-state index contributed by atoms with van der Waals surface area (Å²) in [6.45, 7) is 4.74. The number of nitrogens with zero attached hydrogens (tertiary/aromatic N) is 1. The molecule has 1 aromatic heterocycles. The lowest BCUT2D eigenvalue weighted by atomic mass is 10.1. The molecule has 1 atom stereocenters. The Morgan fingerprint density at radius 3 is 3.18 bits per heavy atom. The van der Waals surface area contributed by atoms with Gasteiger partial charge in [-0.3, -0.25) is 4.79 Å². The van der Waals surface area contributed by atoms with Gasteiger partial charge < -0.3 is 15.2 Å². The highest BCUT2D eigenvalue weighted by molar-refractivity contribution is 5.76. The van der Waals surface area contributed by atoms with Crippen LogP contribution in [0.3, 0.4) is 0 Å². The maximum atomic E-state index is 12.0. The first-order valence-electron chi connectivity index (χ1n) is 6.39. The second-order valence-corrected chi connectivity index (χ2v) is 4.74. The number of aryl methyl sites for hydroxylation is 1. The van der Waals surface area contributed by atoms with E-state index in [1.165, 1.54) is 5.69 Å². The molecular formula is C13H21N3O. The Balaban J connectivity index is 1.70. The molecule has 4 heteroatoms. The molecule has 1 amide bonds. The lowest BCUT2D eigenvalue weighted by molar-refractivity contribution is -0.132. The fraction of sp³-hybridized carbons (Fsp3) is 0.615. The molecule has 0 spiro atoms. The number of carbonyl (C=O) groups excluding carboxylic acids is 1. The number of carbonyl (C=O) groups is 1. The molecule has 0 radical (unpaired) electrons. The summed E-state index contributed by atoms with van der Waals surface area (Å²) in [6.07, 6.45) is 4.47. The first-order valence-corrected chi connectivity index (χ1v) is 6.39. The Hall–Kier alpha value is -1.29. The van der Waals surface area contributed by atoms with Gasteiger partial charge in [-0.25, -0.2) is 0 Å². The SMILES string of the molecule is CC1CN(C(=O)CCCc2ccc[nH]2)CCN1. The molecule has 2 heterocycles. The molecule has 2 rings (SSSR count). The van der Waals surface area contributed by atoms with Crippen molar-refractivity contribution in [2.45, 2.75) is 32.2 Å². The minimum Gasteiger partial charge on any atom is -0.365 e. The summed E-state index contributed by atoms with van der Waals surface area (Å²) in [4.78, 5) is 17.1. The minimum atomic E-state index is 0.296. The molecule has 0 aliphatic carbocycles. The summed E-state index contributed by atoms with van der Waals surface area (Å²) in [5.74, 6) is 0.296. The molecule has 1 aliphatic rings. The Labute approximate surface area is 102 Å².